The zero-order chi connectivity index (χ0) is 16.1. The fourth-order valence-corrected chi connectivity index (χ4v) is 3.73. The van der Waals surface area contributed by atoms with Crippen LogP contribution in [0.2, 0.25) is 0 Å². The van der Waals surface area contributed by atoms with Gasteiger partial charge in [-0.25, -0.2) is 4.98 Å². The molecule has 1 aromatic carbocycles. The Hall–Kier alpha value is -1.70. The Labute approximate surface area is 139 Å². The third-order valence-corrected chi connectivity index (χ3v) is 5.22. The highest BCUT2D eigenvalue weighted by atomic mass is 19.1. The number of nitrogens with zero attached hydrogens (tertiary/aromatic N) is 1. The van der Waals surface area contributed by atoms with Gasteiger partial charge in [0.2, 0.25) is 5.95 Å². The van der Waals surface area contributed by atoms with Gasteiger partial charge in [-0.2, -0.15) is 4.39 Å². The highest BCUT2D eigenvalue weighted by molar-refractivity contribution is 5.27. The molecule has 1 aliphatic rings. The van der Waals surface area contributed by atoms with Gasteiger partial charge in [0.15, 0.2) is 0 Å². The van der Waals surface area contributed by atoms with E-state index in [1.165, 1.54) is 67.7 Å². The van der Waals surface area contributed by atoms with Gasteiger partial charge < -0.3 is 0 Å². The first-order valence-electron chi connectivity index (χ1n) is 8.96. The molecule has 0 radical (unpaired) electrons. The average molecular weight is 311 g/mol. The summed E-state index contributed by atoms with van der Waals surface area (Å²) >= 11 is 0. The zero-order valence-corrected chi connectivity index (χ0v) is 14.0. The van der Waals surface area contributed by atoms with Gasteiger partial charge in [-0.3, -0.25) is 0 Å². The smallest absolute Gasteiger partial charge is 0.212 e. The third kappa shape index (κ3) is 4.19. The number of halogens is 1. The molecule has 1 aliphatic carbocycles. The monoisotopic (exact) mass is 311 g/mol. The van der Waals surface area contributed by atoms with Crippen molar-refractivity contribution in [2.75, 3.05) is 0 Å². The van der Waals surface area contributed by atoms with E-state index in [1.807, 2.05) is 6.07 Å². The summed E-state index contributed by atoms with van der Waals surface area (Å²) in [5.41, 5.74) is 4.14. The van der Waals surface area contributed by atoms with Crippen LogP contribution in [0.15, 0.2) is 42.6 Å². The first kappa shape index (κ1) is 16.2. The normalized spacial score (nSPS) is 21.3. The minimum Gasteiger partial charge on any atom is -0.228 e. The first-order valence-corrected chi connectivity index (χ1v) is 8.96. The molecule has 1 heterocycles. The summed E-state index contributed by atoms with van der Waals surface area (Å²) in [5, 5.41) is 0. The van der Waals surface area contributed by atoms with Gasteiger partial charge in [-0.1, -0.05) is 43.7 Å². The molecule has 23 heavy (non-hydrogen) atoms. The lowest BCUT2D eigenvalue weighted by Crippen LogP contribution is -2.12. The minimum atomic E-state index is -0.384. The largest absolute Gasteiger partial charge is 0.228 e. The maximum Gasteiger partial charge on any atom is 0.212 e. The van der Waals surface area contributed by atoms with Gasteiger partial charge in [-0.05, 0) is 73.1 Å². The van der Waals surface area contributed by atoms with Crippen molar-refractivity contribution in [3.05, 3.63) is 65.2 Å². The highest BCUT2D eigenvalue weighted by Gasteiger charge is 2.23. The van der Waals surface area contributed by atoms with E-state index in [0.29, 0.717) is 11.8 Å². The van der Waals surface area contributed by atoms with E-state index >= 15 is 0 Å². The lowest BCUT2D eigenvalue weighted by Gasteiger charge is -2.29. The summed E-state index contributed by atoms with van der Waals surface area (Å²) in [6.07, 6.45) is 10.2. The SMILES string of the molecule is CCCCc1ccc(C2CCC(c3ccc(F)nc3)CC2)cc1. The third-order valence-electron chi connectivity index (χ3n) is 5.22. The second kappa shape index (κ2) is 7.72. The van der Waals surface area contributed by atoms with Crippen LogP contribution in [-0.2, 0) is 6.42 Å². The van der Waals surface area contributed by atoms with Crippen LogP contribution in [0, 0.1) is 5.95 Å². The van der Waals surface area contributed by atoms with E-state index in [9.17, 15) is 4.39 Å². The van der Waals surface area contributed by atoms with Gasteiger partial charge in [0.05, 0.1) is 0 Å². The summed E-state index contributed by atoms with van der Waals surface area (Å²) in [4.78, 5) is 3.80. The first-order chi connectivity index (χ1) is 11.3. The molecular formula is C21H26FN. The number of hydrogen-bond acceptors (Lipinski definition) is 1. The summed E-state index contributed by atoms with van der Waals surface area (Å²) < 4.78 is 12.9. The van der Waals surface area contributed by atoms with Crippen LogP contribution < -0.4 is 0 Å². The van der Waals surface area contributed by atoms with Crippen LogP contribution in [0.25, 0.3) is 0 Å². The molecule has 1 saturated carbocycles. The maximum atomic E-state index is 12.9. The van der Waals surface area contributed by atoms with Crippen molar-refractivity contribution >= 4 is 0 Å². The Bertz CT molecular complexity index is 595. The van der Waals surface area contributed by atoms with E-state index in [4.69, 9.17) is 0 Å². The molecule has 0 bridgehead atoms. The van der Waals surface area contributed by atoms with Crippen molar-refractivity contribution in [2.24, 2.45) is 0 Å². The average Bonchev–Trinajstić information content (AvgIpc) is 2.61. The van der Waals surface area contributed by atoms with E-state index < -0.39 is 0 Å². The highest BCUT2D eigenvalue weighted by Crippen LogP contribution is 2.40. The van der Waals surface area contributed by atoms with Crippen molar-refractivity contribution in [3.8, 4) is 0 Å². The van der Waals surface area contributed by atoms with E-state index in [-0.39, 0.29) is 5.95 Å². The number of aromatic nitrogens is 1. The summed E-state index contributed by atoms with van der Waals surface area (Å²) in [5.74, 6) is 0.841. The Kier molecular flexibility index (Phi) is 5.43. The molecular weight excluding hydrogens is 285 g/mol. The van der Waals surface area contributed by atoms with Crippen LogP contribution >= 0.6 is 0 Å². The lowest BCUT2D eigenvalue weighted by molar-refractivity contribution is 0.395. The zero-order valence-electron chi connectivity index (χ0n) is 14.0. The van der Waals surface area contributed by atoms with Crippen LogP contribution in [0.1, 0.15) is 74.0 Å². The molecule has 122 valence electrons. The van der Waals surface area contributed by atoms with Crippen LogP contribution in [0.5, 0.6) is 0 Å². The molecule has 0 atom stereocenters. The standard InChI is InChI=1S/C21H26FN/c1-2-3-4-16-5-7-17(8-6-16)18-9-11-19(12-10-18)20-13-14-21(22)23-15-20/h5-8,13-15,18-19H,2-4,9-12H2,1H3. The fraction of sp³-hybridized carbons (Fsp3) is 0.476. The Morgan fingerprint density at radius 2 is 1.52 bits per heavy atom. The Morgan fingerprint density at radius 1 is 0.913 bits per heavy atom. The van der Waals surface area contributed by atoms with Crippen LogP contribution in [0.4, 0.5) is 4.39 Å². The topological polar surface area (TPSA) is 12.9 Å². The molecule has 1 fully saturated rings. The van der Waals surface area contributed by atoms with Gasteiger partial charge >= 0.3 is 0 Å². The number of aryl methyl sites for hydroxylation is 1. The summed E-state index contributed by atoms with van der Waals surface area (Å²) in [6, 6.07) is 12.7. The van der Waals surface area contributed by atoms with Crippen molar-refractivity contribution in [3.63, 3.8) is 0 Å². The van der Waals surface area contributed by atoms with E-state index in [2.05, 4.69) is 36.2 Å². The van der Waals surface area contributed by atoms with Crippen LogP contribution in [-0.4, -0.2) is 4.98 Å². The minimum absolute atomic E-state index is 0.384. The fourth-order valence-electron chi connectivity index (χ4n) is 3.73. The van der Waals surface area contributed by atoms with Crippen molar-refractivity contribution in [2.45, 2.75) is 63.7 Å². The molecule has 0 spiro atoms. The predicted octanol–water partition coefficient (Wildman–Crippen LogP) is 6.00. The van der Waals surface area contributed by atoms with Gasteiger partial charge in [0.25, 0.3) is 0 Å². The maximum absolute atomic E-state index is 12.9. The molecule has 0 saturated heterocycles. The predicted molar refractivity (Wildman–Crippen MR) is 93.2 cm³/mol. The quantitative estimate of drug-likeness (QED) is 0.617. The number of benzene rings is 1. The van der Waals surface area contributed by atoms with Crippen molar-refractivity contribution in [1.82, 2.24) is 4.98 Å². The molecule has 0 aliphatic heterocycles. The summed E-state index contributed by atoms with van der Waals surface area (Å²) in [6.45, 7) is 2.24. The molecule has 1 aromatic heterocycles. The van der Waals surface area contributed by atoms with E-state index in [0.717, 1.165) is 0 Å². The lowest BCUT2D eigenvalue weighted by atomic mass is 9.76. The van der Waals surface area contributed by atoms with Crippen molar-refractivity contribution < 1.29 is 4.39 Å². The second-order valence-electron chi connectivity index (χ2n) is 6.81. The number of unbranched alkanes of at least 4 members (excludes halogenated alkanes) is 1. The van der Waals surface area contributed by atoms with Gasteiger partial charge in [0.1, 0.15) is 0 Å². The van der Waals surface area contributed by atoms with E-state index in [1.54, 1.807) is 6.20 Å². The van der Waals surface area contributed by atoms with Crippen molar-refractivity contribution in [1.29, 1.82) is 0 Å². The Balaban J connectivity index is 1.57. The van der Waals surface area contributed by atoms with Gasteiger partial charge in [-0.15, -0.1) is 0 Å². The number of pyridine rings is 1. The Morgan fingerprint density at radius 3 is 2.09 bits per heavy atom. The van der Waals surface area contributed by atoms with Gasteiger partial charge in [0, 0.05) is 6.20 Å². The molecule has 2 heteroatoms. The molecule has 0 unspecified atom stereocenters. The molecule has 3 rings (SSSR count). The second-order valence-corrected chi connectivity index (χ2v) is 6.81. The molecule has 2 aromatic rings. The number of rotatable bonds is 5. The summed E-state index contributed by atoms with van der Waals surface area (Å²) in [7, 11) is 0. The number of hydrogen-bond donors (Lipinski definition) is 0. The molecule has 0 N–H and O–H groups in total. The van der Waals surface area contributed by atoms with Crippen LogP contribution in [0.3, 0.4) is 0 Å². The molecule has 0 amide bonds. The molecule has 1 nitrogen and oxygen atoms in total.